The normalized spacial score (nSPS) is 12.9. The molecule has 0 saturated heterocycles. The standard InChI is InChI=1S/C23H25F3N4O/c1-13-7-21(19-10-15(5-6-20(19)28-13)22(31)12-30(3)4)29-14(2)16-8-17(23(24,25)26)11-18(27)9-16/h5-11,14H,12,27H2,1-4H3,(H,28,29)/t14-/m1/s1. The summed E-state index contributed by atoms with van der Waals surface area (Å²) in [7, 11) is 3.64. The number of ketones is 1. The van der Waals surface area contributed by atoms with Gasteiger partial charge in [-0.25, -0.2) is 0 Å². The van der Waals surface area contributed by atoms with Crippen molar-refractivity contribution in [2.45, 2.75) is 26.1 Å². The van der Waals surface area contributed by atoms with Crippen LogP contribution in [0.5, 0.6) is 0 Å². The molecule has 0 radical (unpaired) electrons. The number of alkyl halides is 3. The van der Waals surface area contributed by atoms with E-state index in [1.54, 1.807) is 30.0 Å². The van der Waals surface area contributed by atoms with Gasteiger partial charge < -0.3 is 16.0 Å². The van der Waals surface area contributed by atoms with Crippen molar-refractivity contribution in [3.8, 4) is 0 Å². The highest BCUT2D eigenvalue weighted by Crippen LogP contribution is 2.34. The van der Waals surface area contributed by atoms with Crippen molar-refractivity contribution in [1.82, 2.24) is 9.88 Å². The summed E-state index contributed by atoms with van der Waals surface area (Å²) in [6.07, 6.45) is -4.48. The Kier molecular flexibility index (Phi) is 6.22. The second kappa shape index (κ2) is 8.55. The van der Waals surface area contributed by atoms with E-state index in [2.05, 4.69) is 10.3 Å². The number of nitrogens with zero attached hydrogens (tertiary/aromatic N) is 2. The molecule has 0 fully saturated rings. The van der Waals surface area contributed by atoms with Crippen LogP contribution in [0.1, 0.15) is 40.1 Å². The van der Waals surface area contributed by atoms with Gasteiger partial charge in [0.1, 0.15) is 0 Å². The Hall–Kier alpha value is -3.13. The Morgan fingerprint density at radius 1 is 1.16 bits per heavy atom. The van der Waals surface area contributed by atoms with E-state index < -0.39 is 17.8 Å². The first kappa shape index (κ1) is 22.6. The molecule has 3 N–H and O–H groups in total. The predicted octanol–water partition coefficient (Wildman–Crippen LogP) is 5.06. The lowest BCUT2D eigenvalue weighted by Crippen LogP contribution is -2.21. The van der Waals surface area contributed by atoms with Gasteiger partial charge in [-0.3, -0.25) is 9.78 Å². The number of hydrogen-bond donors (Lipinski definition) is 2. The number of rotatable bonds is 6. The van der Waals surface area contributed by atoms with E-state index in [1.807, 2.05) is 27.1 Å². The molecule has 3 aromatic rings. The van der Waals surface area contributed by atoms with Crippen LogP contribution in [0.15, 0.2) is 42.5 Å². The van der Waals surface area contributed by atoms with Gasteiger partial charge in [-0.2, -0.15) is 13.2 Å². The molecule has 2 aromatic carbocycles. The Bertz CT molecular complexity index is 1130. The molecule has 0 saturated carbocycles. The summed E-state index contributed by atoms with van der Waals surface area (Å²) in [6, 6.07) is 10.2. The van der Waals surface area contributed by atoms with Crippen molar-refractivity contribution in [1.29, 1.82) is 0 Å². The van der Waals surface area contributed by atoms with E-state index in [4.69, 9.17) is 5.73 Å². The van der Waals surface area contributed by atoms with Gasteiger partial charge in [0.2, 0.25) is 0 Å². The number of carbonyl (C=O) groups excluding carboxylic acids is 1. The van der Waals surface area contributed by atoms with Crippen LogP contribution in [0.25, 0.3) is 10.9 Å². The number of benzene rings is 2. The van der Waals surface area contributed by atoms with Gasteiger partial charge in [0.25, 0.3) is 0 Å². The van der Waals surface area contributed by atoms with Crippen LogP contribution < -0.4 is 11.1 Å². The number of nitrogen functional groups attached to an aromatic ring is 1. The van der Waals surface area contributed by atoms with Crippen LogP contribution in [-0.2, 0) is 6.18 Å². The number of nitrogens with two attached hydrogens (primary N) is 1. The maximum Gasteiger partial charge on any atom is 0.416 e. The van der Waals surface area contributed by atoms with Gasteiger partial charge in [0.15, 0.2) is 5.78 Å². The molecule has 1 heterocycles. The second-order valence-corrected chi connectivity index (χ2v) is 7.96. The highest BCUT2D eigenvalue weighted by atomic mass is 19.4. The van der Waals surface area contributed by atoms with Crippen LogP contribution in [0.2, 0.25) is 0 Å². The lowest BCUT2D eigenvalue weighted by Gasteiger charge is -2.20. The zero-order valence-corrected chi connectivity index (χ0v) is 17.8. The van der Waals surface area contributed by atoms with Gasteiger partial charge >= 0.3 is 6.18 Å². The molecule has 8 heteroatoms. The van der Waals surface area contributed by atoms with Gasteiger partial charge in [-0.1, -0.05) is 0 Å². The number of halogens is 3. The topological polar surface area (TPSA) is 71.2 Å². The SMILES string of the molecule is Cc1cc(N[C@H](C)c2cc(N)cc(C(F)(F)F)c2)c2cc(C(=O)CN(C)C)ccc2n1. The lowest BCUT2D eigenvalue weighted by atomic mass is 10.0. The molecule has 31 heavy (non-hydrogen) atoms. The molecule has 0 aliphatic rings. The summed E-state index contributed by atoms with van der Waals surface area (Å²) in [4.78, 5) is 18.8. The van der Waals surface area contributed by atoms with Crippen LogP contribution in [0, 0.1) is 6.92 Å². The molecule has 1 atom stereocenters. The smallest absolute Gasteiger partial charge is 0.399 e. The number of aryl methyl sites for hydroxylation is 1. The van der Waals surface area contributed by atoms with E-state index in [-0.39, 0.29) is 18.0 Å². The number of likely N-dealkylation sites (N-methyl/N-ethyl adjacent to an activating group) is 1. The molecule has 164 valence electrons. The number of Topliss-reactive ketones (excluding diaryl/α,β-unsaturated/α-hetero) is 1. The Labute approximate surface area is 179 Å². The molecule has 0 aliphatic carbocycles. The zero-order chi connectivity index (χ0) is 22.9. The molecule has 0 amide bonds. The average molecular weight is 430 g/mol. The minimum Gasteiger partial charge on any atom is -0.399 e. The van der Waals surface area contributed by atoms with Crippen LogP contribution in [0.3, 0.4) is 0 Å². The summed E-state index contributed by atoms with van der Waals surface area (Å²) in [5, 5.41) is 3.99. The fourth-order valence-corrected chi connectivity index (χ4v) is 3.44. The number of hydrogen-bond acceptors (Lipinski definition) is 5. The van der Waals surface area contributed by atoms with Gasteiger partial charge in [0, 0.05) is 34.1 Å². The monoisotopic (exact) mass is 430 g/mol. The summed E-state index contributed by atoms with van der Waals surface area (Å²) < 4.78 is 39.6. The maximum atomic E-state index is 13.2. The summed E-state index contributed by atoms with van der Waals surface area (Å²) in [5.74, 6) is -0.0304. The third-order valence-corrected chi connectivity index (χ3v) is 4.90. The second-order valence-electron chi connectivity index (χ2n) is 7.96. The molecule has 0 spiro atoms. The number of pyridine rings is 1. The molecule has 5 nitrogen and oxygen atoms in total. The molecule has 0 bridgehead atoms. The van der Waals surface area contributed by atoms with Crippen molar-refractivity contribution < 1.29 is 18.0 Å². The van der Waals surface area contributed by atoms with Gasteiger partial charge in [0.05, 0.1) is 17.6 Å². The third-order valence-electron chi connectivity index (χ3n) is 4.90. The summed E-state index contributed by atoms with van der Waals surface area (Å²) >= 11 is 0. The summed E-state index contributed by atoms with van der Waals surface area (Å²) in [5.41, 5.74) is 8.06. The predicted molar refractivity (Wildman–Crippen MR) is 117 cm³/mol. The van der Waals surface area contributed by atoms with E-state index in [0.29, 0.717) is 22.3 Å². The van der Waals surface area contributed by atoms with Crippen molar-refractivity contribution >= 4 is 28.1 Å². The van der Waals surface area contributed by atoms with E-state index in [9.17, 15) is 18.0 Å². The van der Waals surface area contributed by atoms with Crippen LogP contribution >= 0.6 is 0 Å². The number of aromatic nitrogens is 1. The summed E-state index contributed by atoms with van der Waals surface area (Å²) in [6.45, 7) is 3.87. The quantitative estimate of drug-likeness (QED) is 0.422. The highest BCUT2D eigenvalue weighted by molar-refractivity contribution is 6.03. The first-order chi connectivity index (χ1) is 14.4. The van der Waals surface area contributed by atoms with Gasteiger partial charge in [-0.05, 0) is 76.0 Å². The fourth-order valence-electron chi connectivity index (χ4n) is 3.44. The average Bonchev–Trinajstić information content (AvgIpc) is 2.65. The number of carbonyl (C=O) groups is 1. The minimum atomic E-state index is -4.48. The molecule has 0 aliphatic heterocycles. The first-order valence-corrected chi connectivity index (χ1v) is 9.77. The molecule has 0 unspecified atom stereocenters. The largest absolute Gasteiger partial charge is 0.416 e. The van der Waals surface area contributed by atoms with Crippen molar-refractivity contribution in [2.24, 2.45) is 0 Å². The van der Waals surface area contributed by atoms with Crippen molar-refractivity contribution in [2.75, 3.05) is 31.7 Å². The zero-order valence-electron chi connectivity index (χ0n) is 17.8. The Balaban J connectivity index is 2.00. The van der Waals surface area contributed by atoms with E-state index >= 15 is 0 Å². The molecular weight excluding hydrogens is 405 g/mol. The molecule has 1 aromatic heterocycles. The van der Waals surface area contributed by atoms with Gasteiger partial charge in [-0.15, -0.1) is 0 Å². The number of anilines is 2. The van der Waals surface area contributed by atoms with Crippen molar-refractivity contribution in [3.05, 3.63) is 64.8 Å². The molecular formula is C23H25F3N4O. The fraction of sp³-hybridized carbons (Fsp3) is 0.304. The van der Waals surface area contributed by atoms with E-state index in [0.717, 1.165) is 23.2 Å². The number of nitrogens with one attached hydrogen (secondary N) is 1. The first-order valence-electron chi connectivity index (χ1n) is 9.77. The van der Waals surface area contributed by atoms with Crippen LogP contribution in [-0.4, -0.2) is 36.3 Å². The minimum absolute atomic E-state index is 0.0304. The van der Waals surface area contributed by atoms with E-state index in [1.165, 1.54) is 6.07 Å². The highest BCUT2D eigenvalue weighted by Gasteiger charge is 2.31. The van der Waals surface area contributed by atoms with Crippen LogP contribution in [0.4, 0.5) is 24.5 Å². The Morgan fingerprint density at radius 2 is 1.87 bits per heavy atom. The van der Waals surface area contributed by atoms with Crippen molar-refractivity contribution in [3.63, 3.8) is 0 Å². The maximum absolute atomic E-state index is 13.2. The third kappa shape index (κ3) is 5.32. The number of fused-ring (bicyclic) bond motifs is 1. The lowest BCUT2D eigenvalue weighted by molar-refractivity contribution is -0.137. The molecule has 3 rings (SSSR count). The Morgan fingerprint density at radius 3 is 2.52 bits per heavy atom.